The molecular weight excluding hydrogens is 216 g/mol. The summed E-state index contributed by atoms with van der Waals surface area (Å²) >= 11 is 0. The van der Waals surface area contributed by atoms with Crippen molar-refractivity contribution in [1.29, 1.82) is 0 Å². The van der Waals surface area contributed by atoms with Gasteiger partial charge in [-0.15, -0.1) is 0 Å². The van der Waals surface area contributed by atoms with E-state index >= 15 is 0 Å². The lowest BCUT2D eigenvalue weighted by atomic mass is 9.86. The number of nitrogens with zero attached hydrogens (tertiary/aromatic N) is 2. The van der Waals surface area contributed by atoms with E-state index in [1.54, 1.807) is 12.5 Å². The Bertz CT molecular complexity index is 341. The highest BCUT2D eigenvalue weighted by Gasteiger charge is 2.23. The lowest BCUT2D eigenvalue weighted by molar-refractivity contribution is -0.126. The summed E-state index contributed by atoms with van der Waals surface area (Å²) in [6, 6.07) is 0.296. The Kier molecular flexibility index (Phi) is 4.14. The lowest BCUT2D eigenvalue weighted by Crippen LogP contribution is -2.37. The molecule has 1 aliphatic rings. The molecule has 5 heteroatoms. The zero-order valence-electron chi connectivity index (χ0n) is 10.0. The third-order valence-corrected chi connectivity index (χ3v) is 3.37. The first-order valence-corrected chi connectivity index (χ1v) is 6.25. The van der Waals surface area contributed by atoms with Gasteiger partial charge in [0.05, 0.1) is 6.33 Å². The van der Waals surface area contributed by atoms with E-state index in [4.69, 9.17) is 5.73 Å². The first-order valence-electron chi connectivity index (χ1n) is 6.25. The van der Waals surface area contributed by atoms with E-state index < -0.39 is 0 Å². The van der Waals surface area contributed by atoms with Crippen LogP contribution in [-0.2, 0) is 11.3 Å². The second kappa shape index (κ2) is 5.82. The number of rotatable bonds is 4. The minimum atomic E-state index is 0.164. The summed E-state index contributed by atoms with van der Waals surface area (Å²) in [6.45, 7) is 1.44. The largest absolute Gasteiger partial charge is 0.354 e. The molecule has 0 radical (unpaired) electrons. The summed E-state index contributed by atoms with van der Waals surface area (Å²) in [4.78, 5) is 15.8. The maximum absolute atomic E-state index is 11.9. The summed E-state index contributed by atoms with van der Waals surface area (Å²) in [5.41, 5.74) is 5.82. The van der Waals surface area contributed by atoms with Crippen molar-refractivity contribution >= 4 is 5.91 Å². The molecule has 3 N–H and O–H groups in total. The number of amides is 1. The van der Waals surface area contributed by atoms with Gasteiger partial charge in [-0.2, -0.15) is 0 Å². The Morgan fingerprint density at radius 1 is 1.41 bits per heavy atom. The Labute approximate surface area is 101 Å². The van der Waals surface area contributed by atoms with E-state index in [1.807, 2.05) is 10.8 Å². The Morgan fingerprint density at radius 3 is 2.82 bits per heavy atom. The van der Waals surface area contributed by atoms with Gasteiger partial charge in [-0.1, -0.05) is 0 Å². The smallest absolute Gasteiger partial charge is 0.223 e. The van der Waals surface area contributed by atoms with Crippen molar-refractivity contribution in [2.45, 2.75) is 38.3 Å². The van der Waals surface area contributed by atoms with Gasteiger partial charge < -0.3 is 15.6 Å². The predicted octanol–water partition coefficient (Wildman–Crippen LogP) is 0.517. The van der Waals surface area contributed by atoms with Gasteiger partial charge in [0.25, 0.3) is 0 Å². The highest BCUT2D eigenvalue weighted by Crippen LogP contribution is 2.22. The quantitative estimate of drug-likeness (QED) is 0.800. The molecular formula is C12H20N4O. The SMILES string of the molecule is NC1CCC(C(=O)NCCn2ccnc2)CC1. The van der Waals surface area contributed by atoms with Gasteiger partial charge in [0.2, 0.25) is 5.91 Å². The summed E-state index contributed by atoms with van der Waals surface area (Å²) in [5, 5.41) is 2.98. The third-order valence-electron chi connectivity index (χ3n) is 3.37. The van der Waals surface area contributed by atoms with Crippen LogP contribution < -0.4 is 11.1 Å². The van der Waals surface area contributed by atoms with E-state index in [0.29, 0.717) is 12.6 Å². The highest BCUT2D eigenvalue weighted by molar-refractivity contribution is 5.78. The fourth-order valence-electron chi connectivity index (χ4n) is 2.25. The fraction of sp³-hybridized carbons (Fsp3) is 0.667. The van der Waals surface area contributed by atoms with E-state index in [0.717, 1.165) is 32.2 Å². The van der Waals surface area contributed by atoms with Crippen LogP contribution >= 0.6 is 0 Å². The molecule has 17 heavy (non-hydrogen) atoms. The molecule has 94 valence electrons. The number of nitrogens with two attached hydrogens (primary N) is 1. The number of nitrogens with one attached hydrogen (secondary N) is 1. The number of hydrogen-bond donors (Lipinski definition) is 2. The van der Waals surface area contributed by atoms with E-state index in [1.165, 1.54) is 0 Å². The summed E-state index contributed by atoms with van der Waals surface area (Å²) < 4.78 is 1.96. The van der Waals surface area contributed by atoms with Gasteiger partial charge in [0, 0.05) is 37.4 Å². The van der Waals surface area contributed by atoms with E-state index in [-0.39, 0.29) is 11.8 Å². The van der Waals surface area contributed by atoms with Crippen molar-refractivity contribution in [2.75, 3.05) is 6.54 Å². The first kappa shape index (κ1) is 12.1. The summed E-state index contributed by atoms with van der Waals surface area (Å²) in [6.07, 6.45) is 9.19. The number of carbonyl (C=O) groups excluding carboxylic acids is 1. The van der Waals surface area contributed by atoms with Gasteiger partial charge >= 0.3 is 0 Å². The monoisotopic (exact) mass is 236 g/mol. The second-order valence-corrected chi connectivity index (χ2v) is 4.70. The van der Waals surface area contributed by atoms with Crippen molar-refractivity contribution in [2.24, 2.45) is 11.7 Å². The van der Waals surface area contributed by atoms with Gasteiger partial charge in [0.15, 0.2) is 0 Å². The van der Waals surface area contributed by atoms with Crippen molar-refractivity contribution < 1.29 is 4.79 Å². The number of imidazole rings is 1. The molecule has 1 aromatic rings. The van der Waals surface area contributed by atoms with Crippen LogP contribution in [0, 0.1) is 5.92 Å². The average molecular weight is 236 g/mol. The molecule has 5 nitrogen and oxygen atoms in total. The molecule has 1 heterocycles. The Morgan fingerprint density at radius 2 is 2.18 bits per heavy atom. The Hall–Kier alpha value is -1.36. The molecule has 1 aromatic heterocycles. The van der Waals surface area contributed by atoms with Gasteiger partial charge in [-0.25, -0.2) is 4.98 Å². The summed E-state index contributed by atoms with van der Waals surface area (Å²) in [7, 11) is 0. The number of hydrogen-bond acceptors (Lipinski definition) is 3. The molecule has 2 rings (SSSR count). The van der Waals surface area contributed by atoms with Crippen LogP contribution in [0.25, 0.3) is 0 Å². The number of carbonyl (C=O) groups is 1. The van der Waals surface area contributed by atoms with Crippen LogP contribution in [0.15, 0.2) is 18.7 Å². The van der Waals surface area contributed by atoms with E-state index in [9.17, 15) is 4.79 Å². The molecule has 0 unspecified atom stereocenters. The molecule has 0 bridgehead atoms. The minimum absolute atomic E-state index is 0.164. The molecule has 1 fully saturated rings. The van der Waals surface area contributed by atoms with Gasteiger partial charge in [-0.3, -0.25) is 4.79 Å². The van der Waals surface area contributed by atoms with Crippen LogP contribution in [0.5, 0.6) is 0 Å². The maximum atomic E-state index is 11.9. The van der Waals surface area contributed by atoms with Crippen LogP contribution in [0.3, 0.4) is 0 Å². The van der Waals surface area contributed by atoms with Crippen molar-refractivity contribution in [1.82, 2.24) is 14.9 Å². The summed E-state index contributed by atoms with van der Waals surface area (Å²) in [5.74, 6) is 0.342. The molecule has 1 saturated carbocycles. The lowest BCUT2D eigenvalue weighted by Gasteiger charge is -2.25. The predicted molar refractivity (Wildman–Crippen MR) is 65.2 cm³/mol. The molecule has 0 saturated heterocycles. The average Bonchev–Trinajstić information content (AvgIpc) is 2.83. The molecule has 1 amide bonds. The molecule has 0 aliphatic heterocycles. The molecule has 1 aliphatic carbocycles. The number of aromatic nitrogens is 2. The zero-order valence-corrected chi connectivity index (χ0v) is 10.0. The van der Waals surface area contributed by atoms with Crippen molar-refractivity contribution in [3.05, 3.63) is 18.7 Å². The molecule has 0 spiro atoms. The Balaban J connectivity index is 1.67. The third kappa shape index (κ3) is 3.56. The minimum Gasteiger partial charge on any atom is -0.354 e. The topological polar surface area (TPSA) is 72.9 Å². The van der Waals surface area contributed by atoms with Crippen LogP contribution in [0.4, 0.5) is 0 Å². The van der Waals surface area contributed by atoms with Crippen LogP contribution in [0.2, 0.25) is 0 Å². The zero-order chi connectivity index (χ0) is 12.1. The second-order valence-electron chi connectivity index (χ2n) is 4.70. The van der Waals surface area contributed by atoms with E-state index in [2.05, 4.69) is 10.3 Å². The van der Waals surface area contributed by atoms with Crippen molar-refractivity contribution in [3.8, 4) is 0 Å². The van der Waals surface area contributed by atoms with Gasteiger partial charge in [-0.05, 0) is 25.7 Å². The van der Waals surface area contributed by atoms with Crippen LogP contribution in [0.1, 0.15) is 25.7 Å². The highest BCUT2D eigenvalue weighted by atomic mass is 16.1. The van der Waals surface area contributed by atoms with Crippen LogP contribution in [-0.4, -0.2) is 28.0 Å². The normalized spacial score (nSPS) is 24.5. The van der Waals surface area contributed by atoms with Crippen molar-refractivity contribution in [3.63, 3.8) is 0 Å². The fourth-order valence-corrected chi connectivity index (χ4v) is 2.25. The standard InChI is InChI=1S/C12H20N4O/c13-11-3-1-10(2-4-11)12(17)15-6-8-16-7-5-14-9-16/h5,7,9-11H,1-4,6,8,13H2,(H,15,17). The maximum Gasteiger partial charge on any atom is 0.223 e. The van der Waals surface area contributed by atoms with Gasteiger partial charge in [0.1, 0.15) is 0 Å². The first-order chi connectivity index (χ1) is 8.25. The molecule has 0 atom stereocenters. The molecule has 0 aromatic carbocycles.